The molecule has 0 aliphatic carbocycles. The number of rotatable bonds is 6. The van der Waals surface area contributed by atoms with Gasteiger partial charge in [-0.2, -0.15) is 4.31 Å². The first-order chi connectivity index (χ1) is 12.2. The molecule has 0 spiro atoms. The average molecular weight is 443 g/mol. The van der Waals surface area contributed by atoms with Crippen molar-refractivity contribution in [2.45, 2.75) is 25.7 Å². The molecule has 0 fully saturated rings. The van der Waals surface area contributed by atoms with Crippen molar-refractivity contribution in [3.05, 3.63) is 57.8 Å². The Kier molecular flexibility index (Phi) is 6.54. The molecule has 0 saturated carbocycles. The molecule has 1 amide bonds. The van der Waals surface area contributed by atoms with E-state index in [1.165, 1.54) is 28.6 Å². The average Bonchev–Trinajstić information content (AvgIpc) is 2.58. The van der Waals surface area contributed by atoms with Gasteiger partial charge in [-0.15, -0.1) is 0 Å². The van der Waals surface area contributed by atoms with Crippen LogP contribution >= 0.6 is 15.9 Å². The second-order valence-corrected chi connectivity index (χ2v) is 8.47. The number of nitrogens with zero attached hydrogens (tertiary/aromatic N) is 1. The van der Waals surface area contributed by atoms with Crippen LogP contribution in [0.4, 0.5) is 10.1 Å². The second kappa shape index (κ2) is 8.28. The third-order valence-electron chi connectivity index (χ3n) is 3.95. The van der Waals surface area contributed by atoms with E-state index in [1.54, 1.807) is 32.9 Å². The van der Waals surface area contributed by atoms with Crippen molar-refractivity contribution in [2.24, 2.45) is 0 Å². The molecule has 2 rings (SSSR count). The van der Waals surface area contributed by atoms with E-state index in [2.05, 4.69) is 21.2 Å². The summed E-state index contributed by atoms with van der Waals surface area (Å²) in [7, 11) is -3.70. The van der Waals surface area contributed by atoms with E-state index >= 15 is 0 Å². The minimum Gasteiger partial charge on any atom is -0.319 e. The minimum absolute atomic E-state index is 0.0203. The zero-order valence-electron chi connectivity index (χ0n) is 14.7. The summed E-state index contributed by atoms with van der Waals surface area (Å²) in [5, 5.41) is 2.47. The third-order valence-corrected chi connectivity index (χ3v) is 6.64. The number of amides is 1. The summed E-state index contributed by atoms with van der Waals surface area (Å²) in [5.74, 6) is -1.17. The summed E-state index contributed by atoms with van der Waals surface area (Å²) in [4.78, 5) is 12.5. The van der Waals surface area contributed by atoms with Gasteiger partial charge in [0, 0.05) is 23.1 Å². The molecule has 0 heterocycles. The van der Waals surface area contributed by atoms with Crippen molar-refractivity contribution in [3.8, 4) is 0 Å². The highest BCUT2D eigenvalue weighted by Gasteiger charge is 2.24. The molecule has 0 aliphatic rings. The molecular weight excluding hydrogens is 423 g/mol. The second-order valence-electron chi connectivity index (χ2n) is 5.65. The van der Waals surface area contributed by atoms with Gasteiger partial charge in [-0.25, -0.2) is 12.8 Å². The number of halogens is 2. The Hall–Kier alpha value is -1.77. The molecule has 0 saturated heterocycles. The molecule has 140 valence electrons. The fraction of sp³-hybridized carbons (Fsp3) is 0.278. The van der Waals surface area contributed by atoms with E-state index in [9.17, 15) is 17.6 Å². The van der Waals surface area contributed by atoms with Crippen LogP contribution < -0.4 is 5.32 Å². The van der Waals surface area contributed by atoms with Crippen molar-refractivity contribution in [3.63, 3.8) is 0 Å². The molecule has 26 heavy (non-hydrogen) atoms. The first-order valence-electron chi connectivity index (χ1n) is 8.07. The molecule has 8 heteroatoms. The molecule has 2 aromatic rings. The lowest BCUT2D eigenvalue weighted by Gasteiger charge is -2.20. The number of sulfonamides is 1. The summed E-state index contributed by atoms with van der Waals surface area (Å²) in [5.41, 5.74) is 0.707. The standard InChI is InChI=1S/C18H20BrFN2O3S/c1-4-22(5-2)26(24,25)17-10-13(7-6-12(17)3)18(23)21-16-9-8-14(19)11-15(16)20/h6-11H,4-5H2,1-3H3,(H,21,23). The molecule has 0 bridgehead atoms. The van der Waals surface area contributed by atoms with Gasteiger partial charge in [0.15, 0.2) is 0 Å². The number of aryl methyl sites for hydroxylation is 1. The van der Waals surface area contributed by atoms with Gasteiger partial charge in [0.05, 0.1) is 10.6 Å². The largest absolute Gasteiger partial charge is 0.319 e. The van der Waals surface area contributed by atoms with E-state index < -0.39 is 21.7 Å². The van der Waals surface area contributed by atoms with Crippen LogP contribution in [0.2, 0.25) is 0 Å². The molecule has 0 aliphatic heterocycles. The van der Waals surface area contributed by atoms with Crippen LogP contribution in [0.15, 0.2) is 45.8 Å². The van der Waals surface area contributed by atoms with Gasteiger partial charge in [0.1, 0.15) is 5.82 Å². The molecule has 0 atom stereocenters. The SMILES string of the molecule is CCN(CC)S(=O)(=O)c1cc(C(=O)Nc2ccc(Br)cc2F)ccc1C. The Morgan fingerprint density at radius 1 is 1.15 bits per heavy atom. The van der Waals surface area contributed by atoms with Crippen molar-refractivity contribution >= 4 is 37.5 Å². The summed E-state index contributed by atoms with van der Waals surface area (Å²) in [6.45, 7) is 5.84. The summed E-state index contributed by atoms with van der Waals surface area (Å²) < 4.78 is 41.3. The Balaban J connectivity index is 2.38. The number of nitrogens with one attached hydrogen (secondary N) is 1. The molecule has 0 aromatic heterocycles. The predicted octanol–water partition coefficient (Wildman–Crippen LogP) is 4.18. The lowest BCUT2D eigenvalue weighted by Crippen LogP contribution is -2.31. The van der Waals surface area contributed by atoms with Gasteiger partial charge in [0.25, 0.3) is 5.91 Å². The van der Waals surface area contributed by atoms with Crippen molar-refractivity contribution in [2.75, 3.05) is 18.4 Å². The lowest BCUT2D eigenvalue weighted by atomic mass is 10.1. The smallest absolute Gasteiger partial charge is 0.255 e. The van der Waals surface area contributed by atoms with Crippen LogP contribution in [0.25, 0.3) is 0 Å². The van der Waals surface area contributed by atoms with Crippen molar-refractivity contribution in [1.29, 1.82) is 0 Å². The number of hydrogen-bond acceptors (Lipinski definition) is 3. The highest BCUT2D eigenvalue weighted by atomic mass is 79.9. The fourth-order valence-corrected chi connectivity index (χ4v) is 4.55. The maximum absolute atomic E-state index is 13.9. The van der Waals surface area contributed by atoms with Crippen LogP contribution in [-0.4, -0.2) is 31.7 Å². The maximum Gasteiger partial charge on any atom is 0.255 e. The number of carbonyl (C=O) groups excluding carboxylic acids is 1. The first kappa shape index (κ1) is 20.5. The van der Waals surface area contributed by atoms with Crippen molar-refractivity contribution < 1.29 is 17.6 Å². The number of carbonyl (C=O) groups is 1. The zero-order valence-corrected chi connectivity index (χ0v) is 17.1. The highest BCUT2D eigenvalue weighted by Crippen LogP contribution is 2.23. The van der Waals surface area contributed by atoms with Gasteiger partial charge in [-0.3, -0.25) is 4.79 Å². The Bertz CT molecular complexity index is 928. The number of hydrogen-bond donors (Lipinski definition) is 1. The van der Waals surface area contributed by atoms with Gasteiger partial charge >= 0.3 is 0 Å². The minimum atomic E-state index is -3.70. The Labute approximate surface area is 161 Å². The Morgan fingerprint density at radius 3 is 2.38 bits per heavy atom. The van der Waals surface area contributed by atoms with Crippen LogP contribution in [0, 0.1) is 12.7 Å². The topological polar surface area (TPSA) is 66.5 Å². The number of anilines is 1. The highest BCUT2D eigenvalue weighted by molar-refractivity contribution is 9.10. The van der Waals surface area contributed by atoms with Gasteiger partial charge in [-0.05, 0) is 42.8 Å². The van der Waals surface area contributed by atoms with E-state index in [0.29, 0.717) is 23.1 Å². The monoisotopic (exact) mass is 442 g/mol. The molecule has 0 radical (unpaired) electrons. The van der Waals surface area contributed by atoms with E-state index in [1.807, 2.05) is 0 Å². The molecular formula is C18H20BrFN2O3S. The normalized spacial score (nSPS) is 11.6. The van der Waals surface area contributed by atoms with E-state index in [0.717, 1.165) is 0 Å². The van der Waals surface area contributed by atoms with E-state index in [-0.39, 0.29) is 16.1 Å². The van der Waals surface area contributed by atoms with E-state index in [4.69, 9.17) is 0 Å². The van der Waals surface area contributed by atoms with Gasteiger partial charge in [-0.1, -0.05) is 35.8 Å². The Morgan fingerprint density at radius 2 is 1.81 bits per heavy atom. The third kappa shape index (κ3) is 4.31. The molecule has 5 nitrogen and oxygen atoms in total. The van der Waals surface area contributed by atoms with Crippen LogP contribution in [0.3, 0.4) is 0 Å². The quantitative estimate of drug-likeness (QED) is 0.729. The lowest BCUT2D eigenvalue weighted by molar-refractivity contribution is 0.102. The van der Waals surface area contributed by atoms with Gasteiger partial charge < -0.3 is 5.32 Å². The molecule has 2 aromatic carbocycles. The number of benzene rings is 2. The predicted molar refractivity (Wildman–Crippen MR) is 103 cm³/mol. The van der Waals surface area contributed by atoms with Crippen LogP contribution in [0.1, 0.15) is 29.8 Å². The fourth-order valence-electron chi connectivity index (χ4n) is 2.51. The molecule has 1 N–H and O–H groups in total. The maximum atomic E-state index is 13.9. The van der Waals surface area contributed by atoms with Crippen molar-refractivity contribution in [1.82, 2.24) is 4.31 Å². The molecule has 0 unspecified atom stereocenters. The first-order valence-corrected chi connectivity index (χ1v) is 10.3. The van der Waals surface area contributed by atoms with Crippen LogP contribution in [-0.2, 0) is 10.0 Å². The summed E-state index contributed by atoms with van der Waals surface area (Å²) in [6.07, 6.45) is 0. The van der Waals surface area contributed by atoms with Gasteiger partial charge in [0.2, 0.25) is 10.0 Å². The summed E-state index contributed by atoms with van der Waals surface area (Å²) >= 11 is 3.15. The van der Waals surface area contributed by atoms with Crippen LogP contribution in [0.5, 0.6) is 0 Å². The summed E-state index contributed by atoms with van der Waals surface area (Å²) in [6, 6.07) is 8.69. The zero-order chi connectivity index (χ0) is 19.5.